The highest BCUT2D eigenvalue weighted by Gasteiger charge is 2.35. The Bertz CT molecular complexity index is 710. The summed E-state index contributed by atoms with van der Waals surface area (Å²) in [6.07, 6.45) is 0.791. The molecule has 7 heteroatoms. The molecule has 23 heavy (non-hydrogen) atoms. The predicted octanol–water partition coefficient (Wildman–Crippen LogP) is 2.75. The lowest BCUT2D eigenvalue weighted by Gasteiger charge is -2.36. The van der Waals surface area contributed by atoms with E-state index in [2.05, 4.69) is 15.2 Å². The Labute approximate surface area is 138 Å². The molecule has 1 aromatic heterocycles. The normalized spacial score (nSPS) is 17.3. The van der Waals surface area contributed by atoms with Crippen molar-refractivity contribution < 1.29 is 13.9 Å². The van der Waals surface area contributed by atoms with Gasteiger partial charge in [-0.25, -0.2) is 9.37 Å². The minimum Gasteiger partial charge on any atom is -0.497 e. The van der Waals surface area contributed by atoms with Gasteiger partial charge >= 0.3 is 0 Å². The van der Waals surface area contributed by atoms with Gasteiger partial charge in [0.05, 0.1) is 23.9 Å². The fourth-order valence-corrected chi connectivity index (χ4v) is 3.71. The molecule has 0 bridgehead atoms. The van der Waals surface area contributed by atoms with Crippen LogP contribution >= 0.6 is 11.3 Å². The summed E-state index contributed by atoms with van der Waals surface area (Å²) in [5.41, 5.74) is -0.415. The first-order valence-corrected chi connectivity index (χ1v) is 8.44. The number of hydrogen-bond acceptors (Lipinski definition) is 5. The summed E-state index contributed by atoms with van der Waals surface area (Å²) in [6, 6.07) is 5.82. The number of alkyl halides is 1. The van der Waals surface area contributed by atoms with Crippen LogP contribution in [-0.2, 0) is 4.79 Å². The number of benzene rings is 1. The summed E-state index contributed by atoms with van der Waals surface area (Å²) in [5.74, 6) is 0.593. The van der Waals surface area contributed by atoms with Gasteiger partial charge in [-0.1, -0.05) is 11.3 Å². The third-order valence-electron chi connectivity index (χ3n) is 4.17. The second-order valence-corrected chi connectivity index (χ2v) is 6.89. The van der Waals surface area contributed by atoms with Gasteiger partial charge in [0, 0.05) is 38.9 Å². The molecule has 124 valence electrons. The van der Waals surface area contributed by atoms with Crippen LogP contribution in [0.3, 0.4) is 0 Å². The van der Waals surface area contributed by atoms with Gasteiger partial charge in [-0.2, -0.15) is 0 Å². The van der Waals surface area contributed by atoms with E-state index in [0.717, 1.165) is 21.1 Å². The van der Waals surface area contributed by atoms with Gasteiger partial charge in [-0.15, -0.1) is 0 Å². The monoisotopic (exact) mass is 337 g/mol. The van der Waals surface area contributed by atoms with Crippen LogP contribution in [0.4, 0.5) is 9.52 Å². The maximum absolute atomic E-state index is 14.7. The Morgan fingerprint density at radius 2 is 2.22 bits per heavy atom. The van der Waals surface area contributed by atoms with Gasteiger partial charge in [0.1, 0.15) is 11.4 Å². The summed E-state index contributed by atoms with van der Waals surface area (Å²) in [4.78, 5) is 17.7. The molecule has 0 radical (unpaired) electrons. The van der Waals surface area contributed by atoms with Crippen molar-refractivity contribution in [1.82, 2.24) is 10.3 Å². The summed E-state index contributed by atoms with van der Waals surface area (Å²) in [7, 11) is 1.63. The molecule has 1 aromatic carbocycles. The number of piperidine rings is 1. The van der Waals surface area contributed by atoms with Crippen LogP contribution in [0.15, 0.2) is 18.2 Å². The number of thiazole rings is 1. The lowest BCUT2D eigenvalue weighted by molar-refractivity contribution is -0.119. The summed E-state index contributed by atoms with van der Waals surface area (Å²) >= 11 is 1.61. The fraction of sp³-hybridized carbons (Fsp3) is 0.500. The molecule has 5 nitrogen and oxygen atoms in total. The van der Waals surface area contributed by atoms with Crippen molar-refractivity contribution in [3.63, 3.8) is 0 Å². The summed E-state index contributed by atoms with van der Waals surface area (Å²) < 4.78 is 21.0. The van der Waals surface area contributed by atoms with Crippen LogP contribution in [0.1, 0.15) is 19.8 Å². The van der Waals surface area contributed by atoms with Crippen LogP contribution in [-0.4, -0.2) is 43.3 Å². The van der Waals surface area contributed by atoms with Crippen molar-refractivity contribution in [2.75, 3.05) is 31.6 Å². The SMILES string of the molecule is COc1ccc2sc(N3CCC(F)(CNC(C)=O)CC3)nc2c1. The number of fused-ring (bicyclic) bond motifs is 1. The number of amides is 1. The second-order valence-electron chi connectivity index (χ2n) is 5.88. The molecule has 0 atom stereocenters. The number of carbonyl (C=O) groups excluding carboxylic acids is 1. The minimum absolute atomic E-state index is 0.0905. The smallest absolute Gasteiger partial charge is 0.216 e. The number of nitrogens with zero attached hydrogens (tertiary/aromatic N) is 2. The highest BCUT2D eigenvalue weighted by molar-refractivity contribution is 7.22. The first-order valence-electron chi connectivity index (χ1n) is 7.62. The fourth-order valence-electron chi connectivity index (χ4n) is 2.72. The second kappa shape index (κ2) is 6.31. The lowest BCUT2D eigenvalue weighted by Crippen LogP contribution is -2.48. The Balaban J connectivity index is 1.68. The van der Waals surface area contributed by atoms with Crippen molar-refractivity contribution in [3.8, 4) is 5.75 Å². The quantitative estimate of drug-likeness (QED) is 0.932. The minimum atomic E-state index is -1.32. The molecule has 3 rings (SSSR count). The molecule has 1 saturated heterocycles. The zero-order valence-electron chi connectivity index (χ0n) is 13.3. The molecule has 0 spiro atoms. The highest BCUT2D eigenvalue weighted by Crippen LogP contribution is 2.34. The van der Waals surface area contributed by atoms with E-state index in [1.807, 2.05) is 18.2 Å². The first kappa shape index (κ1) is 16.0. The van der Waals surface area contributed by atoms with Gasteiger partial charge in [0.2, 0.25) is 5.91 Å². The van der Waals surface area contributed by atoms with E-state index < -0.39 is 5.67 Å². The number of rotatable bonds is 4. The molecular weight excluding hydrogens is 317 g/mol. The van der Waals surface area contributed by atoms with E-state index in [-0.39, 0.29) is 12.5 Å². The van der Waals surface area contributed by atoms with Gasteiger partial charge in [0.25, 0.3) is 0 Å². The first-order chi connectivity index (χ1) is 11.0. The van der Waals surface area contributed by atoms with E-state index in [1.165, 1.54) is 6.92 Å². The van der Waals surface area contributed by atoms with E-state index in [1.54, 1.807) is 18.4 Å². The van der Waals surface area contributed by atoms with Crippen LogP contribution in [0.2, 0.25) is 0 Å². The summed E-state index contributed by atoms with van der Waals surface area (Å²) in [6.45, 7) is 2.71. The Morgan fingerprint density at radius 3 is 2.87 bits per heavy atom. The average Bonchev–Trinajstić information content (AvgIpc) is 2.96. The molecule has 1 N–H and O–H groups in total. The molecule has 1 fully saturated rings. The molecule has 2 heterocycles. The van der Waals surface area contributed by atoms with Crippen LogP contribution in [0, 0.1) is 0 Å². The van der Waals surface area contributed by atoms with E-state index >= 15 is 0 Å². The Morgan fingerprint density at radius 1 is 1.48 bits per heavy atom. The third-order valence-corrected chi connectivity index (χ3v) is 5.26. The zero-order chi connectivity index (χ0) is 16.4. The number of anilines is 1. The van der Waals surface area contributed by atoms with Crippen molar-refractivity contribution in [3.05, 3.63) is 18.2 Å². The summed E-state index contributed by atoms with van der Waals surface area (Å²) in [5, 5.41) is 3.50. The number of ether oxygens (including phenoxy) is 1. The molecule has 0 saturated carbocycles. The van der Waals surface area contributed by atoms with Gasteiger partial charge < -0.3 is 15.0 Å². The molecule has 0 aliphatic carbocycles. The third kappa shape index (κ3) is 3.55. The van der Waals surface area contributed by atoms with E-state index in [4.69, 9.17) is 4.74 Å². The predicted molar refractivity (Wildman–Crippen MR) is 90.1 cm³/mol. The van der Waals surface area contributed by atoms with E-state index in [9.17, 15) is 9.18 Å². The number of halogens is 1. The molecule has 1 aliphatic heterocycles. The zero-order valence-corrected chi connectivity index (χ0v) is 14.1. The van der Waals surface area contributed by atoms with Crippen molar-refractivity contribution in [2.45, 2.75) is 25.4 Å². The lowest BCUT2D eigenvalue weighted by atomic mass is 9.93. The largest absolute Gasteiger partial charge is 0.497 e. The van der Waals surface area contributed by atoms with Crippen LogP contribution in [0.25, 0.3) is 10.2 Å². The van der Waals surface area contributed by atoms with Crippen molar-refractivity contribution in [1.29, 1.82) is 0 Å². The average molecular weight is 337 g/mol. The highest BCUT2D eigenvalue weighted by atomic mass is 32.1. The number of hydrogen-bond donors (Lipinski definition) is 1. The maximum Gasteiger partial charge on any atom is 0.216 e. The topological polar surface area (TPSA) is 54.5 Å². The van der Waals surface area contributed by atoms with Gasteiger partial charge in [-0.3, -0.25) is 4.79 Å². The molecule has 0 unspecified atom stereocenters. The Kier molecular flexibility index (Phi) is 4.39. The van der Waals surface area contributed by atoms with Crippen LogP contribution < -0.4 is 15.0 Å². The Hall–Kier alpha value is -1.89. The molecule has 1 aliphatic rings. The molecular formula is C16H20FN3O2S. The number of aromatic nitrogens is 1. The van der Waals surface area contributed by atoms with Gasteiger partial charge in [0.15, 0.2) is 5.13 Å². The van der Waals surface area contributed by atoms with Gasteiger partial charge in [-0.05, 0) is 12.1 Å². The number of carbonyl (C=O) groups is 1. The van der Waals surface area contributed by atoms with E-state index in [0.29, 0.717) is 25.9 Å². The molecule has 2 aromatic rings. The standard InChI is InChI=1S/C16H20FN3O2S/c1-11(21)18-10-16(17)5-7-20(8-6-16)15-19-13-9-12(22-2)3-4-14(13)23-15/h3-4,9H,5-8,10H2,1-2H3,(H,18,21). The maximum atomic E-state index is 14.7. The van der Waals surface area contributed by atoms with Crippen molar-refractivity contribution in [2.24, 2.45) is 0 Å². The molecule has 1 amide bonds. The number of nitrogens with one attached hydrogen (secondary N) is 1. The van der Waals surface area contributed by atoms with Crippen LogP contribution in [0.5, 0.6) is 5.75 Å². The number of methoxy groups -OCH3 is 1. The van der Waals surface area contributed by atoms with Crippen molar-refractivity contribution >= 4 is 32.6 Å².